The molecule has 0 amide bonds. The highest BCUT2D eigenvalue weighted by atomic mass is 32.1. The molecule has 0 saturated carbocycles. The van der Waals surface area contributed by atoms with Gasteiger partial charge >= 0.3 is 0 Å². The van der Waals surface area contributed by atoms with Crippen LogP contribution in [0.3, 0.4) is 0 Å². The number of aromatic nitrogens is 3. The Kier molecular flexibility index (Phi) is 3.55. The van der Waals surface area contributed by atoms with Crippen molar-refractivity contribution in [1.29, 1.82) is 0 Å². The number of fused-ring (bicyclic) bond motifs is 1. The highest BCUT2D eigenvalue weighted by Crippen LogP contribution is 2.28. The lowest BCUT2D eigenvalue weighted by Gasteiger charge is -2.15. The first-order chi connectivity index (χ1) is 11.7. The van der Waals surface area contributed by atoms with Gasteiger partial charge in [0.15, 0.2) is 5.82 Å². The maximum Gasteiger partial charge on any atom is 0.283 e. The first kappa shape index (κ1) is 14.9. The van der Waals surface area contributed by atoms with Crippen LogP contribution in [-0.2, 0) is 0 Å². The highest BCUT2D eigenvalue weighted by Gasteiger charge is 2.19. The number of para-hydroxylation sites is 1. The van der Waals surface area contributed by atoms with E-state index < -0.39 is 0 Å². The van der Waals surface area contributed by atoms with E-state index in [-0.39, 0.29) is 11.6 Å². The van der Waals surface area contributed by atoms with Gasteiger partial charge in [0.25, 0.3) is 5.56 Å². The molecule has 4 aromatic rings. The number of nitrogens with two attached hydrogens (primary N) is 1. The second-order valence-electron chi connectivity index (χ2n) is 5.62. The Labute approximate surface area is 142 Å². The molecular weight excluding hydrogens is 320 g/mol. The molecule has 1 unspecified atom stereocenters. The lowest BCUT2D eigenvalue weighted by atomic mass is 10.2. The third-order valence-corrected chi connectivity index (χ3v) is 4.82. The molecule has 0 spiro atoms. The van der Waals surface area contributed by atoms with Gasteiger partial charge in [0, 0.05) is 16.6 Å². The summed E-state index contributed by atoms with van der Waals surface area (Å²) < 4.78 is 3.24. The zero-order valence-electron chi connectivity index (χ0n) is 13.1. The molecule has 4 rings (SSSR count). The molecule has 1 atom stereocenters. The third kappa shape index (κ3) is 2.28. The molecule has 0 saturated heterocycles. The van der Waals surface area contributed by atoms with Gasteiger partial charge in [0.1, 0.15) is 5.52 Å². The monoisotopic (exact) mass is 336 g/mol. The molecule has 0 aliphatic heterocycles. The molecule has 0 radical (unpaired) electrons. The molecule has 1 aromatic carbocycles. The molecule has 0 aliphatic rings. The minimum atomic E-state index is -0.366. The smallest absolute Gasteiger partial charge is 0.283 e. The number of rotatable bonds is 3. The van der Waals surface area contributed by atoms with Gasteiger partial charge < -0.3 is 5.73 Å². The highest BCUT2D eigenvalue weighted by molar-refractivity contribution is 7.13. The Morgan fingerprint density at radius 1 is 1.12 bits per heavy atom. The average Bonchev–Trinajstić information content (AvgIpc) is 3.24. The largest absolute Gasteiger partial charge is 0.322 e. The molecule has 0 aliphatic carbocycles. The van der Waals surface area contributed by atoms with Crippen LogP contribution >= 0.6 is 11.3 Å². The topological polar surface area (TPSA) is 65.3 Å². The summed E-state index contributed by atoms with van der Waals surface area (Å²) in [6.45, 7) is 1.83. The van der Waals surface area contributed by atoms with Crippen molar-refractivity contribution in [2.45, 2.75) is 13.0 Å². The van der Waals surface area contributed by atoms with E-state index in [0.717, 1.165) is 16.1 Å². The number of hydrogen-bond donors (Lipinski definition) is 1. The third-order valence-electron chi connectivity index (χ3n) is 3.92. The zero-order chi connectivity index (χ0) is 16.7. The van der Waals surface area contributed by atoms with Gasteiger partial charge in [-0.2, -0.15) is 5.10 Å². The fourth-order valence-electron chi connectivity index (χ4n) is 2.84. The lowest BCUT2D eigenvalue weighted by molar-refractivity contribution is 0.647. The summed E-state index contributed by atoms with van der Waals surface area (Å²) in [6, 6.07) is 15.0. The van der Waals surface area contributed by atoms with Crippen LogP contribution in [0, 0.1) is 0 Å². The second-order valence-corrected chi connectivity index (χ2v) is 6.57. The molecule has 0 fully saturated rings. The SMILES string of the molecule is CC(N)c1nn2ccc(-c3cccs3)c2c(=O)n1-c1ccccc1. The number of benzene rings is 1. The molecule has 24 heavy (non-hydrogen) atoms. The summed E-state index contributed by atoms with van der Waals surface area (Å²) >= 11 is 1.60. The standard InChI is InChI=1S/C18H16N4OS/c1-12(19)17-20-21-10-9-14(15-8-5-11-24-15)16(21)18(23)22(17)13-6-3-2-4-7-13/h2-12H,19H2,1H3. The summed E-state index contributed by atoms with van der Waals surface area (Å²) in [6.07, 6.45) is 1.81. The minimum Gasteiger partial charge on any atom is -0.322 e. The van der Waals surface area contributed by atoms with Crippen molar-refractivity contribution in [3.05, 3.63) is 76.3 Å². The molecule has 120 valence electrons. The van der Waals surface area contributed by atoms with Crippen LogP contribution in [0.5, 0.6) is 0 Å². The molecule has 3 aromatic heterocycles. The molecule has 6 heteroatoms. The van der Waals surface area contributed by atoms with Crippen LogP contribution in [0.15, 0.2) is 64.9 Å². The summed E-state index contributed by atoms with van der Waals surface area (Å²) in [7, 11) is 0. The van der Waals surface area contributed by atoms with Crippen molar-refractivity contribution < 1.29 is 0 Å². The van der Waals surface area contributed by atoms with Gasteiger partial charge in [-0.25, -0.2) is 4.52 Å². The Bertz CT molecular complexity index is 1050. The van der Waals surface area contributed by atoms with Crippen LogP contribution in [0.4, 0.5) is 0 Å². The maximum atomic E-state index is 13.3. The van der Waals surface area contributed by atoms with E-state index >= 15 is 0 Å². The first-order valence-corrected chi connectivity index (χ1v) is 8.54. The van der Waals surface area contributed by atoms with Gasteiger partial charge in [0.2, 0.25) is 0 Å². The van der Waals surface area contributed by atoms with Gasteiger partial charge in [-0.3, -0.25) is 9.36 Å². The number of thiophene rings is 1. The quantitative estimate of drug-likeness (QED) is 0.625. The van der Waals surface area contributed by atoms with Crippen molar-refractivity contribution in [2.24, 2.45) is 5.73 Å². The van der Waals surface area contributed by atoms with Crippen LogP contribution in [0.25, 0.3) is 21.6 Å². The van der Waals surface area contributed by atoms with Gasteiger partial charge in [0.05, 0.1) is 11.7 Å². The fraction of sp³-hybridized carbons (Fsp3) is 0.111. The molecular formula is C18H16N4OS. The summed E-state index contributed by atoms with van der Waals surface area (Å²) in [4.78, 5) is 14.3. The molecule has 3 heterocycles. The second kappa shape index (κ2) is 5.74. The Hall–Kier alpha value is -2.70. The van der Waals surface area contributed by atoms with E-state index in [4.69, 9.17) is 5.73 Å². The Morgan fingerprint density at radius 3 is 2.58 bits per heavy atom. The van der Waals surface area contributed by atoms with E-state index in [1.54, 1.807) is 20.4 Å². The predicted molar refractivity (Wildman–Crippen MR) is 96.7 cm³/mol. The maximum absolute atomic E-state index is 13.3. The van der Waals surface area contributed by atoms with Crippen molar-refractivity contribution >= 4 is 16.9 Å². The van der Waals surface area contributed by atoms with E-state index in [1.165, 1.54) is 0 Å². The zero-order valence-corrected chi connectivity index (χ0v) is 13.9. The summed E-state index contributed by atoms with van der Waals surface area (Å²) in [5, 5.41) is 6.60. The molecule has 5 nitrogen and oxygen atoms in total. The van der Waals surface area contributed by atoms with Crippen molar-refractivity contribution in [2.75, 3.05) is 0 Å². The normalized spacial score (nSPS) is 12.6. The van der Waals surface area contributed by atoms with E-state index in [2.05, 4.69) is 5.10 Å². The van der Waals surface area contributed by atoms with E-state index in [1.807, 2.05) is 67.0 Å². The van der Waals surface area contributed by atoms with Crippen LogP contribution in [0.2, 0.25) is 0 Å². The van der Waals surface area contributed by atoms with Crippen LogP contribution in [0.1, 0.15) is 18.8 Å². The van der Waals surface area contributed by atoms with Crippen molar-refractivity contribution in [3.63, 3.8) is 0 Å². The average molecular weight is 336 g/mol. The lowest BCUT2D eigenvalue weighted by Crippen LogP contribution is -2.29. The molecule has 2 N–H and O–H groups in total. The van der Waals surface area contributed by atoms with Gasteiger partial charge in [-0.05, 0) is 36.6 Å². The number of hydrogen-bond acceptors (Lipinski definition) is 4. The van der Waals surface area contributed by atoms with Crippen LogP contribution < -0.4 is 11.3 Å². The van der Waals surface area contributed by atoms with E-state index in [9.17, 15) is 4.79 Å². The summed E-state index contributed by atoms with van der Waals surface area (Å²) in [5.41, 5.74) is 8.19. The summed E-state index contributed by atoms with van der Waals surface area (Å²) in [5.74, 6) is 0.534. The predicted octanol–water partition coefficient (Wildman–Crippen LogP) is 3.23. The minimum absolute atomic E-state index is 0.114. The van der Waals surface area contributed by atoms with Crippen molar-refractivity contribution in [1.82, 2.24) is 14.2 Å². The van der Waals surface area contributed by atoms with Crippen LogP contribution in [-0.4, -0.2) is 14.2 Å². The van der Waals surface area contributed by atoms with Gasteiger partial charge in [-0.15, -0.1) is 11.3 Å². The Balaban J connectivity index is 2.10. The first-order valence-electron chi connectivity index (χ1n) is 7.66. The fourth-order valence-corrected chi connectivity index (χ4v) is 3.59. The van der Waals surface area contributed by atoms with Crippen molar-refractivity contribution in [3.8, 4) is 16.1 Å². The molecule has 0 bridgehead atoms. The van der Waals surface area contributed by atoms with E-state index in [0.29, 0.717) is 11.3 Å². The number of nitrogens with zero attached hydrogens (tertiary/aromatic N) is 3. The Morgan fingerprint density at radius 2 is 1.92 bits per heavy atom. The van der Waals surface area contributed by atoms with Gasteiger partial charge in [-0.1, -0.05) is 24.3 Å².